The van der Waals surface area contributed by atoms with Crippen molar-refractivity contribution >= 4 is 10.9 Å². The first-order valence-electron chi connectivity index (χ1n) is 7.09. The molecule has 2 aromatic rings. The van der Waals surface area contributed by atoms with Crippen LogP contribution in [0.5, 0.6) is 5.75 Å². The Labute approximate surface area is 114 Å². The number of aryl methyl sites for hydroxylation is 2. The van der Waals surface area contributed by atoms with Gasteiger partial charge in [0.15, 0.2) is 0 Å². The van der Waals surface area contributed by atoms with E-state index in [1.54, 1.807) is 7.11 Å². The monoisotopic (exact) mass is 258 g/mol. The molecule has 0 saturated carbocycles. The summed E-state index contributed by atoms with van der Waals surface area (Å²) in [5.41, 5.74) is 5.45. The minimum Gasteiger partial charge on any atom is -0.495 e. The smallest absolute Gasteiger partial charge is 0.142 e. The van der Waals surface area contributed by atoms with E-state index < -0.39 is 0 Å². The van der Waals surface area contributed by atoms with E-state index >= 15 is 0 Å². The zero-order valence-corrected chi connectivity index (χ0v) is 12.0. The van der Waals surface area contributed by atoms with E-state index in [1.165, 1.54) is 47.0 Å². The van der Waals surface area contributed by atoms with Gasteiger partial charge in [0, 0.05) is 23.5 Å². The van der Waals surface area contributed by atoms with Gasteiger partial charge in [-0.05, 0) is 50.4 Å². The van der Waals surface area contributed by atoms with E-state index in [2.05, 4.69) is 29.4 Å². The molecule has 0 spiro atoms. The van der Waals surface area contributed by atoms with E-state index in [1.807, 2.05) is 7.05 Å². The molecule has 0 aliphatic heterocycles. The maximum absolute atomic E-state index is 5.51. The number of methoxy groups -OCH3 is 1. The van der Waals surface area contributed by atoms with Crippen LogP contribution in [-0.2, 0) is 6.42 Å². The maximum atomic E-state index is 5.51. The van der Waals surface area contributed by atoms with E-state index in [0.717, 1.165) is 12.3 Å². The second kappa shape index (κ2) is 4.89. The zero-order valence-electron chi connectivity index (χ0n) is 12.0. The van der Waals surface area contributed by atoms with Crippen molar-refractivity contribution in [2.24, 2.45) is 0 Å². The molecule has 0 amide bonds. The number of aromatic nitrogens is 1. The summed E-state index contributed by atoms with van der Waals surface area (Å²) in [6, 6.07) is 4.23. The molecule has 1 aliphatic carbocycles. The minimum absolute atomic E-state index is 0.602. The van der Waals surface area contributed by atoms with Crippen LogP contribution in [0.1, 0.15) is 35.6 Å². The third kappa shape index (κ3) is 1.93. The Morgan fingerprint density at radius 2 is 2.26 bits per heavy atom. The fourth-order valence-corrected chi connectivity index (χ4v) is 3.44. The van der Waals surface area contributed by atoms with Crippen molar-refractivity contribution in [2.75, 3.05) is 20.7 Å². The fraction of sp³-hybridized carbons (Fsp3) is 0.500. The average Bonchev–Trinajstić information content (AvgIpc) is 2.81. The van der Waals surface area contributed by atoms with Gasteiger partial charge in [-0.1, -0.05) is 6.07 Å². The molecule has 0 fully saturated rings. The van der Waals surface area contributed by atoms with Crippen molar-refractivity contribution < 1.29 is 4.74 Å². The Kier molecular flexibility index (Phi) is 3.23. The van der Waals surface area contributed by atoms with Crippen molar-refractivity contribution in [3.8, 4) is 5.75 Å². The van der Waals surface area contributed by atoms with Crippen molar-refractivity contribution in [3.63, 3.8) is 0 Å². The summed E-state index contributed by atoms with van der Waals surface area (Å²) in [5.74, 6) is 1.56. The summed E-state index contributed by atoms with van der Waals surface area (Å²) in [5, 5.41) is 4.70. The molecule has 1 aromatic heterocycles. The third-order valence-electron chi connectivity index (χ3n) is 4.32. The number of likely N-dealkylation sites (N-methyl/N-ethyl adjacent to an activating group) is 1. The number of fused-ring (bicyclic) bond motifs is 3. The standard InChI is InChI=1S/C16H22N2O/c1-10-7-8-13(19-3)16-14(10)12-6-4-5-11(9-17-2)15(12)18-16/h7-8,11,17-18H,4-6,9H2,1-3H3. The van der Waals surface area contributed by atoms with Crippen LogP contribution in [0, 0.1) is 6.92 Å². The van der Waals surface area contributed by atoms with Gasteiger partial charge in [0.05, 0.1) is 12.6 Å². The lowest BCUT2D eigenvalue weighted by molar-refractivity contribution is 0.419. The van der Waals surface area contributed by atoms with Crippen LogP contribution in [0.2, 0.25) is 0 Å². The average molecular weight is 258 g/mol. The molecule has 1 aromatic carbocycles. The Bertz CT molecular complexity index is 600. The second-order valence-corrected chi connectivity index (χ2v) is 5.50. The van der Waals surface area contributed by atoms with Gasteiger partial charge in [0.25, 0.3) is 0 Å². The number of nitrogens with one attached hydrogen (secondary N) is 2. The van der Waals surface area contributed by atoms with Crippen molar-refractivity contribution in [1.29, 1.82) is 0 Å². The van der Waals surface area contributed by atoms with Gasteiger partial charge in [-0.2, -0.15) is 0 Å². The molecular weight excluding hydrogens is 236 g/mol. The first kappa shape index (κ1) is 12.5. The Morgan fingerprint density at radius 1 is 1.42 bits per heavy atom. The predicted octanol–water partition coefficient (Wildman–Crippen LogP) is 3.12. The van der Waals surface area contributed by atoms with Crippen LogP contribution in [-0.4, -0.2) is 25.7 Å². The molecular formula is C16H22N2O. The highest BCUT2D eigenvalue weighted by Gasteiger charge is 2.25. The van der Waals surface area contributed by atoms with Crippen molar-refractivity contribution in [2.45, 2.75) is 32.1 Å². The topological polar surface area (TPSA) is 37.0 Å². The predicted molar refractivity (Wildman–Crippen MR) is 79.2 cm³/mol. The number of benzene rings is 1. The lowest BCUT2D eigenvalue weighted by Gasteiger charge is -2.22. The number of rotatable bonds is 3. The molecule has 2 N–H and O–H groups in total. The van der Waals surface area contributed by atoms with Gasteiger partial charge in [0.2, 0.25) is 0 Å². The molecule has 1 aliphatic rings. The highest BCUT2D eigenvalue weighted by molar-refractivity contribution is 5.92. The zero-order chi connectivity index (χ0) is 13.4. The highest BCUT2D eigenvalue weighted by Crippen LogP contribution is 2.39. The quantitative estimate of drug-likeness (QED) is 0.887. The Morgan fingerprint density at radius 3 is 3.00 bits per heavy atom. The molecule has 0 saturated heterocycles. The third-order valence-corrected chi connectivity index (χ3v) is 4.32. The molecule has 3 rings (SSSR count). The van der Waals surface area contributed by atoms with Crippen LogP contribution in [0.3, 0.4) is 0 Å². The van der Waals surface area contributed by atoms with E-state index in [-0.39, 0.29) is 0 Å². The summed E-state index contributed by atoms with van der Waals surface area (Å²) in [4.78, 5) is 3.65. The van der Waals surface area contributed by atoms with Crippen LogP contribution < -0.4 is 10.1 Å². The maximum Gasteiger partial charge on any atom is 0.142 e. The Hall–Kier alpha value is -1.48. The first-order chi connectivity index (χ1) is 9.26. The van der Waals surface area contributed by atoms with E-state index in [9.17, 15) is 0 Å². The number of hydrogen-bond acceptors (Lipinski definition) is 2. The fourth-order valence-electron chi connectivity index (χ4n) is 3.44. The van der Waals surface area contributed by atoms with Crippen LogP contribution >= 0.6 is 0 Å². The molecule has 3 nitrogen and oxygen atoms in total. The molecule has 0 bridgehead atoms. The molecule has 19 heavy (non-hydrogen) atoms. The highest BCUT2D eigenvalue weighted by atomic mass is 16.5. The molecule has 1 heterocycles. The SMILES string of the molecule is CNCC1CCCc2c1[nH]c1c(OC)ccc(C)c21. The molecule has 1 atom stereocenters. The largest absolute Gasteiger partial charge is 0.495 e. The molecule has 1 unspecified atom stereocenters. The summed E-state index contributed by atoms with van der Waals surface area (Å²) >= 11 is 0. The van der Waals surface area contributed by atoms with E-state index in [0.29, 0.717) is 5.92 Å². The van der Waals surface area contributed by atoms with Crippen LogP contribution in [0.4, 0.5) is 0 Å². The summed E-state index contributed by atoms with van der Waals surface area (Å²) in [6.45, 7) is 3.23. The number of H-pyrrole nitrogens is 1. The number of hydrogen-bond donors (Lipinski definition) is 2. The first-order valence-corrected chi connectivity index (χ1v) is 7.09. The lowest BCUT2D eigenvalue weighted by Crippen LogP contribution is -2.21. The minimum atomic E-state index is 0.602. The molecule has 3 heteroatoms. The molecule has 0 radical (unpaired) electrons. The van der Waals surface area contributed by atoms with Crippen LogP contribution in [0.15, 0.2) is 12.1 Å². The Balaban J connectivity index is 2.23. The summed E-state index contributed by atoms with van der Waals surface area (Å²) in [6.07, 6.45) is 3.73. The summed E-state index contributed by atoms with van der Waals surface area (Å²) < 4.78 is 5.51. The normalized spacial score (nSPS) is 18.6. The number of aromatic amines is 1. The van der Waals surface area contributed by atoms with Crippen molar-refractivity contribution in [3.05, 3.63) is 29.0 Å². The lowest BCUT2D eigenvalue weighted by atomic mass is 9.86. The molecule has 102 valence electrons. The van der Waals surface area contributed by atoms with Gasteiger partial charge in [-0.3, -0.25) is 0 Å². The van der Waals surface area contributed by atoms with E-state index in [4.69, 9.17) is 4.74 Å². The van der Waals surface area contributed by atoms with Gasteiger partial charge < -0.3 is 15.0 Å². The van der Waals surface area contributed by atoms with Gasteiger partial charge in [0.1, 0.15) is 5.75 Å². The number of ether oxygens (including phenoxy) is 1. The van der Waals surface area contributed by atoms with Crippen LogP contribution in [0.25, 0.3) is 10.9 Å². The summed E-state index contributed by atoms with van der Waals surface area (Å²) in [7, 11) is 3.78. The van der Waals surface area contributed by atoms with Gasteiger partial charge in [-0.25, -0.2) is 0 Å². The van der Waals surface area contributed by atoms with Gasteiger partial charge >= 0.3 is 0 Å². The van der Waals surface area contributed by atoms with Crippen molar-refractivity contribution in [1.82, 2.24) is 10.3 Å². The second-order valence-electron chi connectivity index (χ2n) is 5.50. The van der Waals surface area contributed by atoms with Gasteiger partial charge in [-0.15, -0.1) is 0 Å².